The molecule has 40 heavy (non-hydrogen) atoms. The van der Waals surface area contributed by atoms with Gasteiger partial charge in [0.1, 0.15) is 0 Å². The molecule has 0 N–H and O–H groups in total. The van der Waals surface area contributed by atoms with Crippen molar-refractivity contribution in [2.45, 2.75) is 13.1 Å². The summed E-state index contributed by atoms with van der Waals surface area (Å²) in [6.07, 6.45) is 0. The molecule has 188 valence electrons. The van der Waals surface area contributed by atoms with Gasteiger partial charge < -0.3 is 9.13 Å². The van der Waals surface area contributed by atoms with E-state index in [2.05, 4.69) is 143 Å². The Morgan fingerprint density at radius 3 is 0.900 bits per heavy atom. The van der Waals surface area contributed by atoms with E-state index in [1.54, 1.807) is 0 Å². The minimum atomic E-state index is 0.846. The highest BCUT2D eigenvalue weighted by molar-refractivity contribution is 6.37. The van der Waals surface area contributed by atoms with Crippen molar-refractivity contribution in [2.24, 2.45) is 0 Å². The van der Waals surface area contributed by atoms with Crippen molar-refractivity contribution in [3.8, 4) is 0 Å². The molecule has 0 aliphatic heterocycles. The van der Waals surface area contributed by atoms with E-state index in [0.29, 0.717) is 0 Å². The standard InChI is InChI=1S/C38H26N2/c1-3-11-25(12-4-1)23-39-31-19-7-15-27-29-17-9-21-33-37(29)38-30(28-16-8-20-32(39)36(28)35(27)31)18-10-22-34(38)40(33)24-26-13-5-2-6-14-26/h1-22H,23-24H2. The topological polar surface area (TPSA) is 9.86 Å². The molecule has 2 heterocycles. The van der Waals surface area contributed by atoms with Crippen LogP contribution in [0.3, 0.4) is 0 Å². The first-order valence-corrected chi connectivity index (χ1v) is 14.0. The summed E-state index contributed by atoms with van der Waals surface area (Å²) in [5, 5.41) is 10.7. The Hall–Kier alpha value is -5.08. The first-order chi connectivity index (χ1) is 19.9. The smallest absolute Gasteiger partial charge is 0.0501 e. The lowest BCUT2D eigenvalue weighted by Gasteiger charge is -2.09. The molecule has 0 unspecified atom stereocenters. The van der Waals surface area contributed by atoms with Crippen LogP contribution in [-0.4, -0.2) is 9.13 Å². The van der Waals surface area contributed by atoms with Crippen molar-refractivity contribution in [3.05, 3.63) is 145 Å². The van der Waals surface area contributed by atoms with Gasteiger partial charge in [-0.3, -0.25) is 0 Å². The highest BCUT2D eigenvalue weighted by Gasteiger charge is 2.21. The monoisotopic (exact) mass is 510 g/mol. The Morgan fingerprint density at radius 1 is 0.300 bits per heavy atom. The molecule has 0 radical (unpaired) electrons. The number of hydrogen-bond acceptors (Lipinski definition) is 0. The van der Waals surface area contributed by atoms with Crippen LogP contribution in [0.15, 0.2) is 133 Å². The molecular formula is C38H26N2. The molecule has 0 saturated heterocycles. The van der Waals surface area contributed by atoms with Crippen LogP contribution in [0.4, 0.5) is 0 Å². The fraction of sp³-hybridized carbons (Fsp3) is 0.0526. The van der Waals surface area contributed by atoms with Gasteiger partial charge in [0.2, 0.25) is 0 Å². The average molecular weight is 511 g/mol. The van der Waals surface area contributed by atoms with Crippen LogP contribution in [0.25, 0.3) is 65.2 Å². The molecule has 9 rings (SSSR count). The normalized spacial score (nSPS) is 12.2. The van der Waals surface area contributed by atoms with Gasteiger partial charge in [0.05, 0.1) is 22.1 Å². The third-order valence-corrected chi connectivity index (χ3v) is 8.78. The number of nitrogens with zero attached hydrogens (tertiary/aromatic N) is 2. The van der Waals surface area contributed by atoms with Crippen molar-refractivity contribution in [1.82, 2.24) is 9.13 Å². The Labute approximate surface area is 231 Å². The zero-order valence-corrected chi connectivity index (χ0v) is 22.0. The number of rotatable bonds is 4. The van der Waals surface area contributed by atoms with Gasteiger partial charge in [-0.2, -0.15) is 0 Å². The van der Waals surface area contributed by atoms with Crippen LogP contribution in [0.2, 0.25) is 0 Å². The maximum Gasteiger partial charge on any atom is 0.0501 e. The second-order valence-corrected chi connectivity index (χ2v) is 10.9. The van der Waals surface area contributed by atoms with E-state index in [-0.39, 0.29) is 0 Å². The molecule has 9 aromatic rings. The molecule has 0 aliphatic carbocycles. The molecule has 0 fully saturated rings. The minimum Gasteiger partial charge on any atom is -0.336 e. The maximum absolute atomic E-state index is 2.51. The zero-order chi connectivity index (χ0) is 26.2. The summed E-state index contributed by atoms with van der Waals surface area (Å²) in [6.45, 7) is 1.69. The minimum absolute atomic E-state index is 0.846. The average Bonchev–Trinajstić information content (AvgIpc) is 3.50. The Balaban J connectivity index is 1.50. The molecule has 7 aromatic carbocycles. The fourth-order valence-electron chi connectivity index (χ4n) is 7.14. The summed E-state index contributed by atoms with van der Waals surface area (Å²) in [7, 11) is 0. The highest BCUT2D eigenvalue weighted by Crippen LogP contribution is 2.45. The molecule has 2 heteroatoms. The van der Waals surface area contributed by atoms with Gasteiger partial charge in [-0.05, 0) is 56.9 Å². The molecule has 0 bridgehead atoms. The van der Waals surface area contributed by atoms with Crippen LogP contribution in [-0.2, 0) is 13.1 Å². The predicted molar refractivity (Wildman–Crippen MR) is 170 cm³/mol. The first-order valence-electron chi connectivity index (χ1n) is 14.0. The van der Waals surface area contributed by atoms with Gasteiger partial charge in [0.25, 0.3) is 0 Å². The number of aromatic nitrogens is 2. The Morgan fingerprint density at radius 2 is 0.600 bits per heavy atom. The molecule has 0 spiro atoms. The maximum atomic E-state index is 2.51. The van der Waals surface area contributed by atoms with E-state index in [4.69, 9.17) is 0 Å². The lowest BCUT2D eigenvalue weighted by molar-refractivity contribution is 0.869. The number of fused-ring (bicyclic) bond motifs is 2. The zero-order valence-electron chi connectivity index (χ0n) is 22.0. The lowest BCUT2D eigenvalue weighted by atomic mass is 9.95. The summed E-state index contributed by atoms with van der Waals surface area (Å²) in [5.41, 5.74) is 7.80. The second kappa shape index (κ2) is 8.21. The van der Waals surface area contributed by atoms with Crippen LogP contribution in [0.5, 0.6) is 0 Å². The van der Waals surface area contributed by atoms with Crippen LogP contribution >= 0.6 is 0 Å². The Bertz CT molecular complexity index is 2060. The van der Waals surface area contributed by atoms with Gasteiger partial charge in [0.15, 0.2) is 0 Å². The van der Waals surface area contributed by atoms with Gasteiger partial charge in [-0.15, -0.1) is 0 Å². The number of hydrogen-bond donors (Lipinski definition) is 0. The van der Waals surface area contributed by atoms with Crippen LogP contribution in [0.1, 0.15) is 11.1 Å². The highest BCUT2D eigenvalue weighted by atomic mass is 15.0. The summed E-state index contributed by atoms with van der Waals surface area (Å²) >= 11 is 0. The van der Waals surface area contributed by atoms with Crippen LogP contribution < -0.4 is 0 Å². The summed E-state index contributed by atoms with van der Waals surface area (Å²) in [4.78, 5) is 0. The fourth-order valence-corrected chi connectivity index (χ4v) is 7.14. The molecule has 0 aliphatic rings. The molecule has 2 nitrogen and oxygen atoms in total. The Kier molecular flexibility index (Phi) is 4.48. The van der Waals surface area contributed by atoms with Gasteiger partial charge >= 0.3 is 0 Å². The summed E-state index contributed by atoms with van der Waals surface area (Å²) in [6, 6.07) is 49.1. The van der Waals surface area contributed by atoms with E-state index in [1.807, 2.05) is 0 Å². The second-order valence-electron chi connectivity index (χ2n) is 10.9. The molecule has 2 aromatic heterocycles. The van der Waals surface area contributed by atoms with E-state index in [1.165, 1.54) is 76.3 Å². The number of benzene rings is 6. The molecule has 0 amide bonds. The molecular weight excluding hydrogens is 484 g/mol. The summed E-state index contributed by atoms with van der Waals surface area (Å²) < 4.78 is 5.03. The van der Waals surface area contributed by atoms with E-state index in [0.717, 1.165) is 13.1 Å². The van der Waals surface area contributed by atoms with Crippen LogP contribution in [0, 0.1) is 0 Å². The third-order valence-electron chi connectivity index (χ3n) is 8.78. The molecule has 0 atom stereocenters. The van der Waals surface area contributed by atoms with Crippen molar-refractivity contribution < 1.29 is 0 Å². The summed E-state index contributed by atoms with van der Waals surface area (Å²) in [5.74, 6) is 0. The van der Waals surface area contributed by atoms with Gasteiger partial charge in [0, 0.05) is 34.6 Å². The molecule has 0 saturated carbocycles. The van der Waals surface area contributed by atoms with Gasteiger partial charge in [-0.25, -0.2) is 0 Å². The lowest BCUT2D eigenvalue weighted by Crippen LogP contribution is -1.99. The quantitative estimate of drug-likeness (QED) is 0.223. The SMILES string of the molecule is c1ccc(Cn2c3cccc4c5cccc6c5c5c(cccc5n6Cc5ccccc5)c5cccc2c5c43)cc1. The van der Waals surface area contributed by atoms with Gasteiger partial charge in [-0.1, -0.05) is 109 Å². The van der Waals surface area contributed by atoms with Crippen molar-refractivity contribution in [3.63, 3.8) is 0 Å². The van der Waals surface area contributed by atoms with Crippen molar-refractivity contribution in [1.29, 1.82) is 0 Å². The predicted octanol–water partition coefficient (Wildman–Crippen LogP) is 9.74. The largest absolute Gasteiger partial charge is 0.336 e. The first kappa shape index (κ1) is 21.8. The third kappa shape index (κ3) is 2.93. The van der Waals surface area contributed by atoms with E-state index >= 15 is 0 Å². The van der Waals surface area contributed by atoms with E-state index in [9.17, 15) is 0 Å². The van der Waals surface area contributed by atoms with Crippen molar-refractivity contribution >= 4 is 65.2 Å². The van der Waals surface area contributed by atoms with E-state index < -0.39 is 0 Å². The van der Waals surface area contributed by atoms with Crippen molar-refractivity contribution in [2.75, 3.05) is 0 Å².